The molecular formula is C19H15FN4O5. The smallest absolute Gasteiger partial charge is 0.341 e. The van der Waals surface area contributed by atoms with Gasteiger partial charge in [-0.15, -0.1) is 0 Å². The summed E-state index contributed by atoms with van der Waals surface area (Å²) in [5, 5.41) is 23.7. The number of non-ortho nitro benzene ring substituents is 1. The maximum atomic E-state index is 14.4. The SMILES string of the molecule is CCn1cc(C(=O)O)c(=O)c2cc(F)c(N/N=C/c3ccc([N+](=O)[O-])cc3)cc21. The molecule has 10 heteroatoms. The average Bonchev–Trinajstić information content (AvgIpc) is 2.69. The summed E-state index contributed by atoms with van der Waals surface area (Å²) in [5.74, 6) is -2.16. The van der Waals surface area contributed by atoms with Crippen LogP contribution in [0.25, 0.3) is 10.9 Å². The molecule has 0 radical (unpaired) electrons. The fraction of sp³-hybridized carbons (Fsp3) is 0.105. The number of hydrazone groups is 1. The van der Waals surface area contributed by atoms with E-state index in [0.717, 1.165) is 6.07 Å². The Labute approximate surface area is 162 Å². The standard InChI is InChI=1S/C19H15FN4O5/c1-2-23-10-14(19(26)27)18(25)13-7-15(20)16(8-17(13)23)22-21-9-11-3-5-12(6-4-11)24(28)29/h3-10,22H,2H2,1H3,(H,26,27)/b21-9+. The highest BCUT2D eigenvalue weighted by atomic mass is 19.1. The van der Waals surface area contributed by atoms with Gasteiger partial charge in [0.2, 0.25) is 5.43 Å². The van der Waals surface area contributed by atoms with E-state index in [1.165, 1.54) is 47.3 Å². The highest BCUT2D eigenvalue weighted by Gasteiger charge is 2.16. The third kappa shape index (κ3) is 3.95. The Bertz CT molecular complexity index is 1200. The normalized spacial score (nSPS) is 11.1. The van der Waals surface area contributed by atoms with Crippen LogP contribution in [0, 0.1) is 15.9 Å². The van der Waals surface area contributed by atoms with Crippen molar-refractivity contribution in [2.45, 2.75) is 13.5 Å². The molecule has 0 amide bonds. The molecule has 0 aliphatic rings. The van der Waals surface area contributed by atoms with E-state index < -0.39 is 27.7 Å². The van der Waals surface area contributed by atoms with Crippen LogP contribution in [-0.2, 0) is 6.54 Å². The second kappa shape index (κ2) is 7.89. The van der Waals surface area contributed by atoms with Crippen LogP contribution in [0.15, 0.2) is 52.5 Å². The Morgan fingerprint density at radius 1 is 1.34 bits per heavy atom. The van der Waals surface area contributed by atoms with Crippen molar-refractivity contribution in [1.29, 1.82) is 0 Å². The lowest BCUT2D eigenvalue weighted by molar-refractivity contribution is -0.384. The number of hydrogen-bond acceptors (Lipinski definition) is 6. The van der Waals surface area contributed by atoms with Crippen molar-refractivity contribution < 1.29 is 19.2 Å². The molecule has 0 spiro atoms. The van der Waals surface area contributed by atoms with Crippen molar-refractivity contribution in [3.05, 3.63) is 79.9 Å². The number of nitro groups is 1. The van der Waals surface area contributed by atoms with Gasteiger partial charge in [0.25, 0.3) is 5.69 Å². The van der Waals surface area contributed by atoms with E-state index in [-0.39, 0.29) is 16.8 Å². The number of aryl methyl sites for hydroxylation is 1. The van der Waals surface area contributed by atoms with E-state index in [2.05, 4.69) is 10.5 Å². The number of nitrogens with one attached hydrogen (secondary N) is 1. The van der Waals surface area contributed by atoms with Crippen LogP contribution in [0.5, 0.6) is 0 Å². The molecular weight excluding hydrogens is 383 g/mol. The molecule has 0 unspecified atom stereocenters. The van der Waals surface area contributed by atoms with Crippen LogP contribution in [0.2, 0.25) is 0 Å². The summed E-state index contributed by atoms with van der Waals surface area (Å²) in [4.78, 5) is 33.7. The zero-order valence-electron chi connectivity index (χ0n) is 15.1. The number of aromatic nitrogens is 1. The van der Waals surface area contributed by atoms with Crippen molar-refractivity contribution in [3.8, 4) is 0 Å². The molecule has 2 N–H and O–H groups in total. The van der Waals surface area contributed by atoms with Gasteiger partial charge < -0.3 is 9.67 Å². The Hall–Kier alpha value is -4.08. The van der Waals surface area contributed by atoms with Crippen LogP contribution in [0.1, 0.15) is 22.8 Å². The van der Waals surface area contributed by atoms with Gasteiger partial charge >= 0.3 is 5.97 Å². The van der Waals surface area contributed by atoms with Gasteiger partial charge in [-0.1, -0.05) is 0 Å². The van der Waals surface area contributed by atoms with E-state index in [4.69, 9.17) is 5.11 Å². The Morgan fingerprint density at radius 2 is 2.03 bits per heavy atom. The van der Waals surface area contributed by atoms with E-state index in [1.807, 2.05) is 0 Å². The lowest BCUT2D eigenvalue weighted by Crippen LogP contribution is -2.19. The molecule has 9 nitrogen and oxygen atoms in total. The molecule has 29 heavy (non-hydrogen) atoms. The number of halogens is 1. The number of pyridine rings is 1. The largest absolute Gasteiger partial charge is 0.477 e. The first-order chi connectivity index (χ1) is 13.8. The summed E-state index contributed by atoms with van der Waals surface area (Å²) in [6.07, 6.45) is 2.57. The minimum Gasteiger partial charge on any atom is -0.477 e. The van der Waals surface area contributed by atoms with Crippen LogP contribution >= 0.6 is 0 Å². The molecule has 0 aliphatic heterocycles. The van der Waals surface area contributed by atoms with E-state index in [0.29, 0.717) is 17.6 Å². The predicted molar refractivity (Wildman–Crippen MR) is 105 cm³/mol. The molecule has 1 heterocycles. The number of hydrogen-bond donors (Lipinski definition) is 2. The van der Waals surface area contributed by atoms with Gasteiger partial charge in [-0.3, -0.25) is 20.3 Å². The number of fused-ring (bicyclic) bond motifs is 1. The number of anilines is 1. The summed E-state index contributed by atoms with van der Waals surface area (Å²) in [6.45, 7) is 2.13. The summed E-state index contributed by atoms with van der Waals surface area (Å²) in [5.41, 5.74) is 2.17. The van der Waals surface area contributed by atoms with Crippen LogP contribution < -0.4 is 10.9 Å². The van der Waals surface area contributed by atoms with Gasteiger partial charge in [0, 0.05) is 30.3 Å². The van der Waals surface area contributed by atoms with Gasteiger partial charge in [-0.25, -0.2) is 9.18 Å². The first-order valence-corrected chi connectivity index (χ1v) is 8.45. The topological polar surface area (TPSA) is 127 Å². The monoisotopic (exact) mass is 398 g/mol. The first-order valence-electron chi connectivity index (χ1n) is 8.45. The van der Waals surface area contributed by atoms with E-state index in [9.17, 15) is 24.1 Å². The number of benzene rings is 2. The third-order valence-electron chi connectivity index (χ3n) is 4.24. The lowest BCUT2D eigenvalue weighted by Gasteiger charge is -2.12. The van der Waals surface area contributed by atoms with Crippen LogP contribution in [0.4, 0.5) is 15.8 Å². The Kier molecular flexibility index (Phi) is 5.35. The van der Waals surface area contributed by atoms with Crippen molar-refractivity contribution in [2.75, 3.05) is 5.43 Å². The number of rotatable bonds is 6. The molecule has 0 aliphatic carbocycles. The van der Waals surface area contributed by atoms with E-state index in [1.54, 1.807) is 6.92 Å². The van der Waals surface area contributed by atoms with Crippen LogP contribution in [0.3, 0.4) is 0 Å². The molecule has 0 fully saturated rings. The summed E-state index contributed by atoms with van der Waals surface area (Å²) >= 11 is 0. The zero-order chi connectivity index (χ0) is 21.1. The second-order valence-electron chi connectivity index (χ2n) is 6.03. The fourth-order valence-electron chi connectivity index (χ4n) is 2.77. The molecule has 0 saturated heterocycles. The summed E-state index contributed by atoms with van der Waals surface area (Å²) < 4.78 is 16.0. The molecule has 3 rings (SSSR count). The highest BCUT2D eigenvalue weighted by Crippen LogP contribution is 2.22. The third-order valence-corrected chi connectivity index (χ3v) is 4.24. The molecule has 2 aromatic carbocycles. The van der Waals surface area contributed by atoms with Gasteiger partial charge in [0.15, 0.2) is 0 Å². The van der Waals surface area contributed by atoms with Crippen molar-refractivity contribution in [2.24, 2.45) is 5.10 Å². The van der Waals surface area contributed by atoms with E-state index >= 15 is 0 Å². The minimum atomic E-state index is -1.38. The number of carboxylic acids is 1. The summed E-state index contributed by atoms with van der Waals surface area (Å²) in [6, 6.07) is 7.95. The van der Waals surface area contributed by atoms with Gasteiger partial charge in [-0.2, -0.15) is 5.10 Å². The highest BCUT2D eigenvalue weighted by molar-refractivity contribution is 5.93. The number of carbonyl (C=O) groups is 1. The maximum Gasteiger partial charge on any atom is 0.341 e. The zero-order valence-corrected chi connectivity index (χ0v) is 15.1. The maximum absolute atomic E-state index is 14.4. The van der Waals surface area contributed by atoms with Gasteiger partial charge in [0.1, 0.15) is 11.4 Å². The van der Waals surface area contributed by atoms with Crippen molar-refractivity contribution in [1.82, 2.24) is 4.57 Å². The fourth-order valence-corrected chi connectivity index (χ4v) is 2.77. The first kappa shape index (κ1) is 19.7. The van der Waals surface area contributed by atoms with Crippen molar-refractivity contribution >= 4 is 34.5 Å². The van der Waals surface area contributed by atoms with Crippen LogP contribution in [-0.4, -0.2) is 26.8 Å². The molecule has 148 valence electrons. The molecule has 0 bridgehead atoms. The quantitative estimate of drug-likeness (QED) is 0.373. The average molecular weight is 398 g/mol. The Morgan fingerprint density at radius 3 is 2.62 bits per heavy atom. The molecule has 3 aromatic rings. The molecule has 0 atom stereocenters. The second-order valence-corrected chi connectivity index (χ2v) is 6.03. The van der Waals surface area contributed by atoms with Crippen molar-refractivity contribution in [3.63, 3.8) is 0 Å². The Balaban J connectivity index is 1.95. The number of carboxylic acid groups (broad SMARTS) is 1. The minimum absolute atomic E-state index is 0.0136. The van der Waals surface area contributed by atoms with Gasteiger partial charge in [-0.05, 0) is 36.8 Å². The number of nitrogens with zero attached hydrogens (tertiary/aromatic N) is 3. The number of aromatic carboxylic acids is 1. The molecule has 0 saturated carbocycles. The predicted octanol–water partition coefficient (Wildman–Crippen LogP) is 3.21. The number of nitro benzene ring substituents is 1. The summed E-state index contributed by atoms with van der Waals surface area (Å²) in [7, 11) is 0. The van der Waals surface area contributed by atoms with Gasteiger partial charge in [0.05, 0.1) is 22.3 Å². The molecule has 1 aromatic heterocycles. The lowest BCUT2D eigenvalue weighted by atomic mass is 10.1.